The first-order valence-electron chi connectivity index (χ1n) is 8.88. The second-order valence-electron chi connectivity index (χ2n) is 6.64. The molecule has 3 nitrogen and oxygen atoms in total. The predicted molar refractivity (Wildman–Crippen MR) is 105 cm³/mol. The van der Waals surface area contributed by atoms with E-state index in [1.165, 1.54) is 17.2 Å². The second-order valence-corrected chi connectivity index (χ2v) is 6.64. The molecule has 1 N–H and O–H groups in total. The highest BCUT2D eigenvalue weighted by Crippen LogP contribution is 2.29. The number of allylic oxidation sites excluding steroid dienone is 1. The van der Waals surface area contributed by atoms with Crippen molar-refractivity contribution in [2.24, 2.45) is 0 Å². The summed E-state index contributed by atoms with van der Waals surface area (Å²) >= 11 is 0. The average molecular weight is 368 g/mol. The van der Waals surface area contributed by atoms with Gasteiger partial charge in [0.1, 0.15) is 17.2 Å². The lowest BCUT2D eigenvalue weighted by molar-refractivity contribution is 0.101. The number of anilines is 1. The van der Waals surface area contributed by atoms with Crippen molar-refractivity contribution in [3.63, 3.8) is 0 Å². The number of benzene rings is 2. The predicted octanol–water partition coefficient (Wildman–Crippen LogP) is 4.88. The van der Waals surface area contributed by atoms with Crippen LogP contribution in [0.5, 0.6) is 0 Å². The maximum atomic E-state index is 13.7. The standard InChI is InChI=1S/C22H22F2N2O/c1-3-15-11-13-26(2)14-12-18(15)16-7-9-17(10-8-16)25-22(27)21-19(23)5-4-6-20(21)24/h3-10H,1,11-14H2,2H3,(H,25,27). The zero-order valence-corrected chi connectivity index (χ0v) is 15.3. The molecule has 1 aliphatic heterocycles. The van der Waals surface area contributed by atoms with E-state index in [1.54, 1.807) is 12.1 Å². The van der Waals surface area contributed by atoms with E-state index in [2.05, 4.69) is 23.8 Å². The summed E-state index contributed by atoms with van der Waals surface area (Å²) in [4.78, 5) is 14.5. The molecule has 27 heavy (non-hydrogen) atoms. The van der Waals surface area contributed by atoms with Crippen LogP contribution in [0.4, 0.5) is 14.5 Å². The van der Waals surface area contributed by atoms with Crippen molar-refractivity contribution >= 4 is 17.2 Å². The van der Waals surface area contributed by atoms with E-state index in [9.17, 15) is 13.6 Å². The molecule has 140 valence electrons. The first-order valence-corrected chi connectivity index (χ1v) is 8.88. The minimum atomic E-state index is -0.882. The van der Waals surface area contributed by atoms with Gasteiger partial charge in [-0.05, 0) is 60.9 Å². The Morgan fingerprint density at radius 1 is 1.07 bits per heavy atom. The molecule has 0 saturated carbocycles. The first kappa shape index (κ1) is 19.0. The van der Waals surface area contributed by atoms with Crippen molar-refractivity contribution < 1.29 is 13.6 Å². The summed E-state index contributed by atoms with van der Waals surface area (Å²) in [7, 11) is 2.10. The van der Waals surface area contributed by atoms with Crippen LogP contribution in [-0.4, -0.2) is 30.9 Å². The van der Waals surface area contributed by atoms with Crippen molar-refractivity contribution in [3.8, 4) is 0 Å². The molecule has 0 spiro atoms. The number of carbonyl (C=O) groups is 1. The number of hydrogen-bond acceptors (Lipinski definition) is 2. The SMILES string of the molecule is C=CC1=C(c2ccc(NC(=O)c3c(F)cccc3F)cc2)CCN(C)CC1. The molecule has 2 aromatic rings. The van der Waals surface area contributed by atoms with E-state index in [0.717, 1.165) is 43.6 Å². The Labute approximate surface area is 158 Å². The number of carbonyl (C=O) groups excluding carboxylic acids is 1. The highest BCUT2D eigenvalue weighted by Gasteiger charge is 2.18. The Bertz CT molecular complexity index is 867. The van der Waals surface area contributed by atoms with Crippen LogP contribution < -0.4 is 5.32 Å². The van der Waals surface area contributed by atoms with Gasteiger partial charge in [0.25, 0.3) is 5.91 Å². The third kappa shape index (κ3) is 4.31. The minimum Gasteiger partial charge on any atom is -0.322 e. The van der Waals surface area contributed by atoms with Gasteiger partial charge >= 0.3 is 0 Å². The molecule has 0 fully saturated rings. The summed E-state index contributed by atoms with van der Waals surface area (Å²) < 4.78 is 27.5. The van der Waals surface area contributed by atoms with Gasteiger partial charge in [0.15, 0.2) is 0 Å². The van der Waals surface area contributed by atoms with E-state index < -0.39 is 23.1 Å². The lowest BCUT2D eigenvalue weighted by atomic mass is 9.96. The van der Waals surface area contributed by atoms with Gasteiger partial charge in [-0.15, -0.1) is 0 Å². The van der Waals surface area contributed by atoms with E-state index in [1.807, 2.05) is 18.2 Å². The van der Waals surface area contributed by atoms with Crippen molar-refractivity contribution in [1.82, 2.24) is 4.90 Å². The smallest absolute Gasteiger partial charge is 0.261 e. The zero-order chi connectivity index (χ0) is 19.4. The lowest BCUT2D eigenvalue weighted by Gasteiger charge is -2.13. The Morgan fingerprint density at radius 2 is 1.70 bits per heavy atom. The van der Waals surface area contributed by atoms with Crippen LogP contribution in [0, 0.1) is 11.6 Å². The van der Waals surface area contributed by atoms with Gasteiger partial charge in [-0.25, -0.2) is 8.78 Å². The van der Waals surface area contributed by atoms with Crippen molar-refractivity contribution in [2.45, 2.75) is 12.8 Å². The van der Waals surface area contributed by atoms with E-state index >= 15 is 0 Å². The molecule has 0 radical (unpaired) electrons. The number of nitrogens with one attached hydrogen (secondary N) is 1. The molecule has 0 atom stereocenters. The molecule has 2 aromatic carbocycles. The summed E-state index contributed by atoms with van der Waals surface area (Å²) in [5.74, 6) is -2.57. The summed E-state index contributed by atoms with van der Waals surface area (Å²) in [6, 6.07) is 10.7. The van der Waals surface area contributed by atoms with Gasteiger partial charge in [-0.1, -0.05) is 30.9 Å². The van der Waals surface area contributed by atoms with Crippen LogP contribution in [0.15, 0.2) is 60.7 Å². The third-order valence-corrected chi connectivity index (χ3v) is 4.82. The molecule has 1 amide bonds. The quantitative estimate of drug-likeness (QED) is 0.834. The van der Waals surface area contributed by atoms with Gasteiger partial charge in [-0.3, -0.25) is 4.79 Å². The monoisotopic (exact) mass is 368 g/mol. The molecule has 0 unspecified atom stereocenters. The normalized spacial score (nSPS) is 15.4. The van der Waals surface area contributed by atoms with Crippen molar-refractivity contribution in [3.05, 3.63) is 83.5 Å². The fourth-order valence-electron chi connectivity index (χ4n) is 3.26. The molecule has 5 heteroatoms. The van der Waals surface area contributed by atoms with Crippen LogP contribution in [0.3, 0.4) is 0 Å². The van der Waals surface area contributed by atoms with E-state index in [4.69, 9.17) is 0 Å². The number of halogens is 2. The van der Waals surface area contributed by atoms with E-state index in [0.29, 0.717) is 5.69 Å². The molecule has 0 aromatic heterocycles. The Morgan fingerprint density at radius 3 is 2.33 bits per heavy atom. The van der Waals surface area contributed by atoms with Crippen LogP contribution in [-0.2, 0) is 0 Å². The fraction of sp³-hybridized carbons (Fsp3) is 0.227. The molecular weight excluding hydrogens is 346 g/mol. The average Bonchev–Trinajstić information content (AvgIpc) is 2.83. The van der Waals surface area contributed by atoms with Crippen LogP contribution in [0.2, 0.25) is 0 Å². The Kier molecular flexibility index (Phi) is 5.81. The molecule has 3 rings (SSSR count). The van der Waals surface area contributed by atoms with Gasteiger partial charge in [0.2, 0.25) is 0 Å². The summed E-state index contributed by atoms with van der Waals surface area (Å²) in [5, 5.41) is 2.55. The third-order valence-electron chi connectivity index (χ3n) is 4.82. The Balaban J connectivity index is 1.80. The van der Waals surface area contributed by atoms with Gasteiger partial charge in [0, 0.05) is 18.8 Å². The van der Waals surface area contributed by atoms with Gasteiger partial charge in [0.05, 0.1) is 0 Å². The number of rotatable bonds is 4. The molecule has 0 aliphatic carbocycles. The van der Waals surface area contributed by atoms with Crippen LogP contribution in [0.25, 0.3) is 5.57 Å². The van der Waals surface area contributed by atoms with Crippen molar-refractivity contribution in [2.75, 3.05) is 25.5 Å². The molecule has 0 bridgehead atoms. The first-order chi connectivity index (χ1) is 13.0. The second kappa shape index (κ2) is 8.27. The minimum absolute atomic E-state index is 0.484. The molecule has 1 aliphatic rings. The molecular formula is C22H22F2N2O. The molecule has 1 heterocycles. The lowest BCUT2D eigenvalue weighted by Crippen LogP contribution is -2.19. The van der Waals surface area contributed by atoms with Crippen LogP contribution >= 0.6 is 0 Å². The Hall–Kier alpha value is -2.79. The summed E-state index contributed by atoms with van der Waals surface area (Å²) in [6.45, 7) is 5.89. The maximum Gasteiger partial charge on any atom is 0.261 e. The van der Waals surface area contributed by atoms with Crippen molar-refractivity contribution in [1.29, 1.82) is 0 Å². The summed E-state index contributed by atoms with van der Waals surface area (Å²) in [5.41, 5.74) is 3.44. The fourth-order valence-corrected chi connectivity index (χ4v) is 3.26. The van der Waals surface area contributed by atoms with Gasteiger partial charge < -0.3 is 10.2 Å². The van der Waals surface area contributed by atoms with Gasteiger partial charge in [-0.2, -0.15) is 0 Å². The molecule has 0 saturated heterocycles. The van der Waals surface area contributed by atoms with E-state index in [-0.39, 0.29) is 0 Å². The zero-order valence-electron chi connectivity index (χ0n) is 15.3. The topological polar surface area (TPSA) is 32.3 Å². The highest BCUT2D eigenvalue weighted by atomic mass is 19.1. The summed E-state index contributed by atoms with van der Waals surface area (Å²) in [6.07, 6.45) is 3.77. The largest absolute Gasteiger partial charge is 0.322 e. The van der Waals surface area contributed by atoms with Crippen LogP contribution in [0.1, 0.15) is 28.8 Å². The number of nitrogens with zero attached hydrogens (tertiary/aromatic N) is 1. The number of hydrogen-bond donors (Lipinski definition) is 1. The maximum absolute atomic E-state index is 13.7. The highest BCUT2D eigenvalue weighted by molar-refractivity contribution is 6.04. The number of amides is 1.